The highest BCUT2D eigenvalue weighted by molar-refractivity contribution is 5.83. The first kappa shape index (κ1) is 18.2. The summed E-state index contributed by atoms with van der Waals surface area (Å²) in [5.74, 6) is 2.92. The number of amides is 1. The zero-order valence-corrected chi connectivity index (χ0v) is 16.5. The van der Waals surface area contributed by atoms with Gasteiger partial charge in [0.15, 0.2) is 0 Å². The Morgan fingerprint density at radius 3 is 2.52 bits per heavy atom. The van der Waals surface area contributed by atoms with E-state index < -0.39 is 0 Å². The molecule has 27 heavy (non-hydrogen) atoms. The molecule has 5 nitrogen and oxygen atoms in total. The van der Waals surface area contributed by atoms with Gasteiger partial charge in [-0.1, -0.05) is 36.2 Å². The van der Waals surface area contributed by atoms with Crippen LogP contribution in [0.4, 0.5) is 0 Å². The quantitative estimate of drug-likeness (QED) is 0.830. The molecule has 1 fully saturated rings. The summed E-state index contributed by atoms with van der Waals surface area (Å²) >= 11 is 0. The maximum atomic E-state index is 12.9. The normalized spacial score (nSPS) is 19.4. The van der Waals surface area contributed by atoms with Crippen molar-refractivity contribution in [2.45, 2.75) is 70.8 Å². The maximum absolute atomic E-state index is 12.9. The van der Waals surface area contributed by atoms with E-state index in [1.54, 1.807) is 0 Å². The van der Waals surface area contributed by atoms with Crippen molar-refractivity contribution in [3.8, 4) is 0 Å². The first-order valence-electron chi connectivity index (χ1n) is 10.4. The minimum atomic E-state index is -0.0773. The van der Waals surface area contributed by atoms with Crippen LogP contribution in [0.1, 0.15) is 73.6 Å². The Bertz CT molecular complexity index is 787. The van der Waals surface area contributed by atoms with E-state index in [4.69, 9.17) is 0 Å². The number of aryl methyl sites for hydroxylation is 2. The van der Waals surface area contributed by atoms with Gasteiger partial charge in [-0.3, -0.25) is 4.79 Å². The van der Waals surface area contributed by atoms with Gasteiger partial charge in [0, 0.05) is 32.0 Å². The van der Waals surface area contributed by atoms with Gasteiger partial charge in [0.1, 0.15) is 11.6 Å². The number of nitrogens with zero attached hydrogens (tertiary/aromatic N) is 4. The highest BCUT2D eigenvalue weighted by Gasteiger charge is 2.30. The van der Waals surface area contributed by atoms with Crippen molar-refractivity contribution in [3.05, 3.63) is 47.0 Å². The monoisotopic (exact) mass is 366 g/mol. The molecule has 1 aromatic carbocycles. The molecule has 2 aliphatic rings. The summed E-state index contributed by atoms with van der Waals surface area (Å²) in [7, 11) is 0. The highest BCUT2D eigenvalue weighted by Crippen LogP contribution is 2.30. The predicted octanol–water partition coefficient (Wildman–Crippen LogP) is 3.82. The first-order valence-corrected chi connectivity index (χ1v) is 10.4. The minimum Gasteiger partial charge on any atom is -0.342 e. The van der Waals surface area contributed by atoms with Gasteiger partial charge in [-0.2, -0.15) is 0 Å². The average Bonchev–Trinajstić information content (AvgIpc) is 2.95. The Balaban J connectivity index is 1.39. The minimum absolute atomic E-state index is 0.0773. The Morgan fingerprint density at radius 1 is 1.04 bits per heavy atom. The Morgan fingerprint density at radius 2 is 1.78 bits per heavy atom. The molecule has 0 saturated carbocycles. The second kappa shape index (κ2) is 7.83. The number of likely N-dealkylation sites (tertiary alicyclic amines) is 1. The number of rotatable bonds is 3. The molecule has 5 heteroatoms. The third-order valence-corrected chi connectivity index (χ3v) is 6.26. The molecule has 1 atom stereocenters. The summed E-state index contributed by atoms with van der Waals surface area (Å²) in [6.07, 6.45) is 6.77. The van der Waals surface area contributed by atoms with Crippen LogP contribution in [0.3, 0.4) is 0 Å². The van der Waals surface area contributed by atoms with Crippen LogP contribution in [-0.4, -0.2) is 38.7 Å². The lowest BCUT2D eigenvalue weighted by atomic mass is 9.93. The van der Waals surface area contributed by atoms with Crippen LogP contribution in [0.15, 0.2) is 24.3 Å². The average molecular weight is 367 g/mol. The summed E-state index contributed by atoms with van der Waals surface area (Å²) in [5.41, 5.74) is 2.34. The molecule has 1 aromatic heterocycles. The number of benzene rings is 1. The molecule has 1 amide bonds. The van der Waals surface area contributed by atoms with E-state index in [-0.39, 0.29) is 11.8 Å². The van der Waals surface area contributed by atoms with Crippen LogP contribution in [0.2, 0.25) is 0 Å². The molecule has 2 aromatic rings. The Labute approximate surface area is 161 Å². The van der Waals surface area contributed by atoms with Gasteiger partial charge in [-0.25, -0.2) is 0 Å². The molecule has 144 valence electrons. The molecule has 2 aliphatic heterocycles. The zero-order valence-electron chi connectivity index (χ0n) is 16.5. The van der Waals surface area contributed by atoms with Crippen molar-refractivity contribution in [3.63, 3.8) is 0 Å². The smallest absolute Gasteiger partial charge is 0.229 e. The van der Waals surface area contributed by atoms with Gasteiger partial charge in [-0.05, 0) is 45.1 Å². The molecule has 4 rings (SSSR count). The van der Waals surface area contributed by atoms with Crippen molar-refractivity contribution in [1.82, 2.24) is 19.7 Å². The van der Waals surface area contributed by atoms with Crippen LogP contribution in [-0.2, 0) is 17.8 Å². The first-order chi connectivity index (χ1) is 13.1. The molecular weight excluding hydrogens is 336 g/mol. The SMILES string of the molecule is Cc1ccc([C@@H](C)C(=O)N2CCC(c3nnc4n3CCCCC4)CC2)cc1. The van der Waals surface area contributed by atoms with Crippen molar-refractivity contribution < 1.29 is 4.79 Å². The second-order valence-electron chi connectivity index (χ2n) is 8.17. The summed E-state index contributed by atoms with van der Waals surface area (Å²) in [4.78, 5) is 15.0. The van der Waals surface area contributed by atoms with E-state index in [0.717, 1.165) is 56.1 Å². The summed E-state index contributed by atoms with van der Waals surface area (Å²) in [6, 6.07) is 8.33. The van der Waals surface area contributed by atoms with Crippen LogP contribution < -0.4 is 0 Å². The fourth-order valence-electron chi connectivity index (χ4n) is 4.44. The van der Waals surface area contributed by atoms with E-state index in [9.17, 15) is 4.79 Å². The number of hydrogen-bond acceptors (Lipinski definition) is 3. The Kier molecular flexibility index (Phi) is 5.28. The third kappa shape index (κ3) is 3.78. The lowest BCUT2D eigenvalue weighted by Crippen LogP contribution is -2.40. The molecule has 0 radical (unpaired) electrons. The standard InChI is InChI=1S/C22H30N4O/c1-16-7-9-18(10-8-16)17(2)22(27)25-14-11-19(12-15-25)21-24-23-20-6-4-3-5-13-26(20)21/h7-10,17,19H,3-6,11-15H2,1-2H3/t17-/m1/s1. The van der Waals surface area contributed by atoms with E-state index in [1.165, 1.54) is 24.8 Å². The number of aromatic nitrogens is 3. The van der Waals surface area contributed by atoms with Gasteiger partial charge in [0.05, 0.1) is 5.92 Å². The number of hydrogen-bond donors (Lipinski definition) is 0. The molecule has 3 heterocycles. The predicted molar refractivity (Wildman–Crippen MR) is 106 cm³/mol. The van der Waals surface area contributed by atoms with E-state index in [2.05, 4.69) is 46.0 Å². The van der Waals surface area contributed by atoms with Crippen molar-refractivity contribution in [1.29, 1.82) is 0 Å². The van der Waals surface area contributed by atoms with Crippen LogP contribution in [0.5, 0.6) is 0 Å². The van der Waals surface area contributed by atoms with Gasteiger partial charge in [-0.15, -0.1) is 10.2 Å². The van der Waals surface area contributed by atoms with E-state index in [0.29, 0.717) is 5.92 Å². The summed E-state index contributed by atoms with van der Waals surface area (Å²) in [6.45, 7) is 6.80. The van der Waals surface area contributed by atoms with Crippen LogP contribution in [0.25, 0.3) is 0 Å². The number of fused-ring (bicyclic) bond motifs is 1. The maximum Gasteiger partial charge on any atom is 0.229 e. The molecule has 0 N–H and O–H groups in total. The summed E-state index contributed by atoms with van der Waals surface area (Å²) < 4.78 is 2.37. The fraction of sp³-hybridized carbons (Fsp3) is 0.591. The van der Waals surface area contributed by atoms with Gasteiger partial charge >= 0.3 is 0 Å². The molecular formula is C22H30N4O. The number of piperidine rings is 1. The molecule has 1 saturated heterocycles. The fourth-order valence-corrected chi connectivity index (χ4v) is 4.44. The van der Waals surface area contributed by atoms with Crippen molar-refractivity contribution >= 4 is 5.91 Å². The van der Waals surface area contributed by atoms with Gasteiger partial charge in [0.2, 0.25) is 5.91 Å². The molecule has 0 bridgehead atoms. The molecule has 0 unspecified atom stereocenters. The topological polar surface area (TPSA) is 51.0 Å². The zero-order chi connectivity index (χ0) is 18.8. The van der Waals surface area contributed by atoms with Gasteiger partial charge < -0.3 is 9.47 Å². The molecule has 0 aliphatic carbocycles. The second-order valence-corrected chi connectivity index (χ2v) is 8.17. The number of carbonyl (C=O) groups excluding carboxylic acids is 1. The summed E-state index contributed by atoms with van der Waals surface area (Å²) in [5, 5.41) is 8.99. The number of carbonyl (C=O) groups is 1. The van der Waals surface area contributed by atoms with E-state index >= 15 is 0 Å². The van der Waals surface area contributed by atoms with Crippen LogP contribution in [0, 0.1) is 6.92 Å². The largest absolute Gasteiger partial charge is 0.342 e. The van der Waals surface area contributed by atoms with Crippen molar-refractivity contribution in [2.24, 2.45) is 0 Å². The third-order valence-electron chi connectivity index (χ3n) is 6.26. The van der Waals surface area contributed by atoms with E-state index in [1.807, 2.05) is 11.8 Å². The lowest BCUT2D eigenvalue weighted by molar-refractivity contribution is -0.133. The highest BCUT2D eigenvalue weighted by atomic mass is 16.2. The van der Waals surface area contributed by atoms with Gasteiger partial charge in [0.25, 0.3) is 0 Å². The lowest BCUT2D eigenvalue weighted by Gasteiger charge is -2.33. The Hall–Kier alpha value is -2.17. The molecule has 0 spiro atoms. The van der Waals surface area contributed by atoms with Crippen molar-refractivity contribution in [2.75, 3.05) is 13.1 Å². The van der Waals surface area contributed by atoms with Crippen LogP contribution >= 0.6 is 0 Å².